The molecule has 0 radical (unpaired) electrons. The van der Waals surface area contributed by atoms with Gasteiger partial charge in [-0.25, -0.2) is 0 Å². The minimum absolute atomic E-state index is 0.472. The van der Waals surface area contributed by atoms with E-state index in [4.69, 9.17) is 0 Å². The molecule has 1 aromatic rings. The van der Waals surface area contributed by atoms with E-state index in [2.05, 4.69) is 62.3 Å². The summed E-state index contributed by atoms with van der Waals surface area (Å²) in [5.41, 5.74) is 2.86. The van der Waals surface area contributed by atoms with E-state index in [1.165, 1.54) is 30.5 Å². The van der Waals surface area contributed by atoms with Gasteiger partial charge in [-0.15, -0.1) is 0 Å². The van der Waals surface area contributed by atoms with Crippen molar-refractivity contribution in [3.05, 3.63) is 29.8 Å². The molecule has 2 nitrogen and oxygen atoms in total. The average Bonchev–Trinajstić information content (AvgIpc) is 3.31. The number of benzene rings is 1. The van der Waals surface area contributed by atoms with Crippen molar-refractivity contribution < 1.29 is 0 Å². The lowest BCUT2D eigenvalue weighted by Crippen LogP contribution is -2.32. The van der Waals surface area contributed by atoms with Crippen LogP contribution in [0.4, 0.5) is 5.69 Å². The van der Waals surface area contributed by atoms with Crippen LogP contribution in [0.15, 0.2) is 24.3 Å². The average molecular weight is 274 g/mol. The van der Waals surface area contributed by atoms with Crippen LogP contribution in [-0.2, 0) is 0 Å². The summed E-state index contributed by atoms with van der Waals surface area (Å²) in [6, 6.07) is 10.0. The van der Waals surface area contributed by atoms with Gasteiger partial charge in [0.2, 0.25) is 0 Å². The Morgan fingerprint density at radius 2 is 1.95 bits per heavy atom. The van der Waals surface area contributed by atoms with Crippen molar-refractivity contribution in [2.24, 2.45) is 5.92 Å². The zero-order valence-corrected chi connectivity index (χ0v) is 13.5. The van der Waals surface area contributed by atoms with Gasteiger partial charge < -0.3 is 10.2 Å². The highest BCUT2D eigenvalue weighted by Gasteiger charge is 2.31. The maximum absolute atomic E-state index is 3.69. The summed E-state index contributed by atoms with van der Waals surface area (Å²) in [4.78, 5) is 2.49. The Labute approximate surface area is 124 Å². The van der Waals surface area contributed by atoms with Crippen LogP contribution < -0.4 is 10.2 Å². The molecule has 0 bridgehead atoms. The number of hydrogen-bond donors (Lipinski definition) is 1. The molecule has 2 unspecified atom stereocenters. The van der Waals surface area contributed by atoms with Gasteiger partial charge in [-0.3, -0.25) is 0 Å². The van der Waals surface area contributed by atoms with E-state index in [-0.39, 0.29) is 0 Å². The van der Waals surface area contributed by atoms with Gasteiger partial charge in [0.25, 0.3) is 0 Å². The predicted molar refractivity (Wildman–Crippen MR) is 88.4 cm³/mol. The molecule has 0 saturated heterocycles. The van der Waals surface area contributed by atoms with Crippen molar-refractivity contribution in [1.82, 2.24) is 5.32 Å². The zero-order valence-electron chi connectivity index (χ0n) is 13.5. The fourth-order valence-corrected chi connectivity index (χ4v) is 3.01. The monoisotopic (exact) mass is 274 g/mol. The van der Waals surface area contributed by atoms with E-state index >= 15 is 0 Å². The quantitative estimate of drug-likeness (QED) is 0.757. The lowest BCUT2D eigenvalue weighted by atomic mass is 10.00. The Balaban J connectivity index is 2.19. The second kappa shape index (κ2) is 7.12. The van der Waals surface area contributed by atoms with E-state index < -0.39 is 0 Å². The van der Waals surface area contributed by atoms with Crippen LogP contribution in [-0.4, -0.2) is 19.6 Å². The van der Waals surface area contributed by atoms with Gasteiger partial charge in [-0.2, -0.15) is 0 Å². The third-order valence-corrected chi connectivity index (χ3v) is 4.66. The van der Waals surface area contributed by atoms with Crippen LogP contribution >= 0.6 is 0 Å². The molecule has 2 rings (SSSR count). The zero-order chi connectivity index (χ0) is 14.5. The fraction of sp³-hybridized carbons (Fsp3) is 0.667. The van der Waals surface area contributed by atoms with E-state index in [1.807, 2.05) is 0 Å². The third-order valence-electron chi connectivity index (χ3n) is 4.66. The maximum atomic E-state index is 3.69. The van der Waals surface area contributed by atoms with Gasteiger partial charge in [-0.1, -0.05) is 32.0 Å². The molecule has 1 N–H and O–H groups in total. The molecule has 1 aliphatic carbocycles. The smallest absolute Gasteiger partial charge is 0.0414 e. The molecule has 2 atom stereocenters. The molecule has 0 heterocycles. The summed E-state index contributed by atoms with van der Waals surface area (Å²) in [6.45, 7) is 7.96. The van der Waals surface area contributed by atoms with Gasteiger partial charge in [0, 0.05) is 24.8 Å². The van der Waals surface area contributed by atoms with Gasteiger partial charge in [-0.05, 0) is 56.7 Å². The normalized spacial score (nSPS) is 17.8. The van der Waals surface area contributed by atoms with Crippen LogP contribution in [0.3, 0.4) is 0 Å². The molecule has 1 aliphatic rings. The molecule has 0 amide bonds. The van der Waals surface area contributed by atoms with Crippen molar-refractivity contribution in [3.8, 4) is 0 Å². The van der Waals surface area contributed by atoms with Crippen molar-refractivity contribution in [3.63, 3.8) is 0 Å². The molecule has 0 aliphatic heterocycles. The Morgan fingerprint density at radius 1 is 1.25 bits per heavy atom. The summed E-state index contributed by atoms with van der Waals surface area (Å²) in [7, 11) is 2.26. The Kier molecular flexibility index (Phi) is 5.47. The number of nitrogens with one attached hydrogen (secondary N) is 1. The van der Waals surface area contributed by atoms with Crippen molar-refractivity contribution >= 4 is 5.69 Å². The largest absolute Gasteiger partial charge is 0.371 e. The Hall–Kier alpha value is -1.02. The fourth-order valence-electron chi connectivity index (χ4n) is 3.01. The molecular weight excluding hydrogens is 244 g/mol. The van der Waals surface area contributed by atoms with E-state index in [1.54, 1.807) is 0 Å². The number of hydrogen-bond acceptors (Lipinski definition) is 2. The molecule has 1 saturated carbocycles. The first-order chi connectivity index (χ1) is 9.69. The second-order valence-electron chi connectivity index (χ2n) is 6.16. The minimum Gasteiger partial charge on any atom is -0.371 e. The maximum Gasteiger partial charge on any atom is 0.0414 e. The van der Waals surface area contributed by atoms with Crippen molar-refractivity contribution in [2.75, 3.05) is 18.5 Å². The molecule has 0 aromatic heterocycles. The molecule has 0 spiro atoms. The van der Waals surface area contributed by atoms with Gasteiger partial charge in [0.05, 0.1) is 0 Å². The van der Waals surface area contributed by atoms with Crippen LogP contribution in [0.1, 0.15) is 58.1 Å². The number of rotatable bonds is 8. The van der Waals surface area contributed by atoms with Crippen LogP contribution in [0, 0.1) is 5.92 Å². The van der Waals surface area contributed by atoms with Crippen molar-refractivity contribution in [1.29, 1.82) is 0 Å². The van der Waals surface area contributed by atoms with E-state index in [9.17, 15) is 0 Å². The number of nitrogens with zero attached hydrogens (tertiary/aromatic N) is 1. The minimum atomic E-state index is 0.472. The van der Waals surface area contributed by atoms with Crippen LogP contribution in [0.5, 0.6) is 0 Å². The van der Waals surface area contributed by atoms with Gasteiger partial charge in [0.15, 0.2) is 0 Å². The van der Waals surface area contributed by atoms with Crippen LogP contribution in [0.25, 0.3) is 0 Å². The van der Waals surface area contributed by atoms with Gasteiger partial charge >= 0.3 is 0 Å². The molecule has 112 valence electrons. The molecule has 20 heavy (non-hydrogen) atoms. The van der Waals surface area contributed by atoms with E-state index in [0.29, 0.717) is 12.1 Å². The first-order valence-corrected chi connectivity index (χ1v) is 8.24. The lowest BCUT2D eigenvalue weighted by Gasteiger charge is -2.31. The molecule has 2 heteroatoms. The topological polar surface area (TPSA) is 15.3 Å². The molecular formula is C18H30N2. The Morgan fingerprint density at radius 3 is 2.55 bits per heavy atom. The first-order valence-electron chi connectivity index (χ1n) is 8.24. The lowest BCUT2D eigenvalue weighted by molar-refractivity contribution is 0.514. The standard InChI is InChI=1S/C18H30N2/c1-5-13-19-17(6-2)16-9-7-8-10-18(16)20(4)14(3)15-11-12-15/h7-10,14-15,17,19H,5-6,11-13H2,1-4H3. The molecule has 1 fully saturated rings. The number of para-hydroxylation sites is 1. The highest BCUT2D eigenvalue weighted by Crippen LogP contribution is 2.38. The summed E-state index contributed by atoms with van der Waals surface area (Å²) in [6.07, 6.45) is 5.13. The highest BCUT2D eigenvalue weighted by atomic mass is 15.1. The van der Waals surface area contributed by atoms with Crippen LogP contribution in [0.2, 0.25) is 0 Å². The summed E-state index contributed by atoms with van der Waals surface area (Å²) in [5.74, 6) is 0.900. The predicted octanol–water partition coefficient (Wildman–Crippen LogP) is 4.37. The summed E-state index contributed by atoms with van der Waals surface area (Å²) in [5, 5.41) is 3.69. The van der Waals surface area contributed by atoms with Crippen molar-refractivity contribution in [2.45, 2.75) is 58.5 Å². The summed E-state index contributed by atoms with van der Waals surface area (Å²) >= 11 is 0. The summed E-state index contributed by atoms with van der Waals surface area (Å²) < 4.78 is 0. The SMILES string of the molecule is CCCNC(CC)c1ccccc1N(C)C(C)C1CC1. The van der Waals surface area contributed by atoms with E-state index in [0.717, 1.165) is 18.9 Å². The first kappa shape index (κ1) is 15.4. The number of anilines is 1. The third kappa shape index (κ3) is 3.54. The Bertz CT molecular complexity index is 412. The highest BCUT2D eigenvalue weighted by molar-refractivity contribution is 5.55. The van der Waals surface area contributed by atoms with Gasteiger partial charge in [0.1, 0.15) is 0 Å². The molecule has 1 aromatic carbocycles. The second-order valence-corrected chi connectivity index (χ2v) is 6.16.